The molecular formula is C14H28N2O2. The highest BCUT2D eigenvalue weighted by Crippen LogP contribution is 2.16. The van der Waals surface area contributed by atoms with E-state index in [1.165, 1.54) is 12.8 Å². The number of carbonyl (C=O) groups excluding carboxylic acids is 1. The summed E-state index contributed by atoms with van der Waals surface area (Å²) in [6, 6.07) is 0.844. The predicted octanol–water partition coefficient (Wildman–Crippen LogP) is 1.79. The van der Waals surface area contributed by atoms with E-state index in [1.807, 2.05) is 6.92 Å². The van der Waals surface area contributed by atoms with Gasteiger partial charge in [-0.1, -0.05) is 6.92 Å². The van der Waals surface area contributed by atoms with Crippen LogP contribution in [-0.2, 0) is 9.53 Å². The van der Waals surface area contributed by atoms with Gasteiger partial charge in [-0.25, -0.2) is 0 Å². The average molecular weight is 256 g/mol. The van der Waals surface area contributed by atoms with Crippen LogP contribution in [0.15, 0.2) is 0 Å². The summed E-state index contributed by atoms with van der Waals surface area (Å²) < 4.78 is 5.05. The van der Waals surface area contributed by atoms with Crippen molar-refractivity contribution in [1.82, 2.24) is 10.2 Å². The molecule has 1 fully saturated rings. The van der Waals surface area contributed by atoms with Crippen molar-refractivity contribution in [3.05, 3.63) is 0 Å². The second-order valence-corrected chi connectivity index (χ2v) is 5.10. The Balaban J connectivity index is 2.50. The molecule has 0 radical (unpaired) electrons. The summed E-state index contributed by atoms with van der Waals surface area (Å²) in [6.07, 6.45) is 4.10. The first kappa shape index (κ1) is 15.4. The van der Waals surface area contributed by atoms with Gasteiger partial charge >= 0.3 is 5.97 Å². The van der Waals surface area contributed by atoms with Crippen LogP contribution >= 0.6 is 0 Å². The van der Waals surface area contributed by atoms with E-state index in [-0.39, 0.29) is 12.0 Å². The lowest BCUT2D eigenvalue weighted by Gasteiger charge is -2.38. The minimum atomic E-state index is -0.0742. The zero-order chi connectivity index (χ0) is 13.4. The summed E-state index contributed by atoms with van der Waals surface area (Å²) in [5.41, 5.74) is 0. The first-order valence-electron chi connectivity index (χ1n) is 7.31. The standard InChI is InChI=1S/C14H28N2O2/c1-4-9-16(13-7-6-8-15-11-13)12(3)10-14(17)18-5-2/h12-13,15H,4-11H2,1-3H3. The van der Waals surface area contributed by atoms with Gasteiger partial charge < -0.3 is 10.1 Å². The molecule has 4 nitrogen and oxygen atoms in total. The number of ether oxygens (including phenoxy) is 1. The molecule has 0 spiro atoms. The van der Waals surface area contributed by atoms with Crippen LogP contribution in [0.4, 0.5) is 0 Å². The molecule has 0 aromatic rings. The molecule has 0 aromatic carbocycles. The number of nitrogens with zero attached hydrogens (tertiary/aromatic N) is 1. The Hall–Kier alpha value is -0.610. The fourth-order valence-corrected chi connectivity index (χ4v) is 2.72. The van der Waals surface area contributed by atoms with Crippen LogP contribution in [-0.4, -0.2) is 49.2 Å². The summed E-state index contributed by atoms with van der Waals surface area (Å²) in [5, 5.41) is 3.45. The maximum absolute atomic E-state index is 11.6. The molecule has 0 aliphatic carbocycles. The van der Waals surface area contributed by atoms with Crippen molar-refractivity contribution in [3.8, 4) is 0 Å². The zero-order valence-electron chi connectivity index (χ0n) is 12.1. The molecule has 0 aromatic heterocycles. The second-order valence-electron chi connectivity index (χ2n) is 5.10. The summed E-state index contributed by atoms with van der Waals surface area (Å²) in [6.45, 7) is 9.91. The lowest BCUT2D eigenvalue weighted by atomic mass is 10.0. The Morgan fingerprint density at radius 2 is 2.28 bits per heavy atom. The Kier molecular flexibility index (Phi) is 7.28. The summed E-state index contributed by atoms with van der Waals surface area (Å²) in [5.74, 6) is -0.0742. The molecular weight excluding hydrogens is 228 g/mol. The molecule has 18 heavy (non-hydrogen) atoms. The van der Waals surface area contributed by atoms with Crippen LogP contribution < -0.4 is 5.32 Å². The molecule has 0 bridgehead atoms. The number of hydrogen-bond acceptors (Lipinski definition) is 4. The number of rotatable bonds is 7. The first-order valence-corrected chi connectivity index (χ1v) is 7.31. The van der Waals surface area contributed by atoms with Gasteiger partial charge in [0.15, 0.2) is 0 Å². The minimum Gasteiger partial charge on any atom is -0.466 e. The molecule has 1 rings (SSSR count). The minimum absolute atomic E-state index is 0.0742. The van der Waals surface area contributed by atoms with Gasteiger partial charge in [0.25, 0.3) is 0 Å². The summed E-state index contributed by atoms with van der Waals surface area (Å²) in [4.78, 5) is 14.1. The third kappa shape index (κ3) is 4.94. The molecule has 1 aliphatic heterocycles. The van der Waals surface area contributed by atoms with E-state index >= 15 is 0 Å². The second kappa shape index (κ2) is 8.48. The van der Waals surface area contributed by atoms with Crippen LogP contribution in [0.3, 0.4) is 0 Å². The van der Waals surface area contributed by atoms with Gasteiger partial charge in [-0.05, 0) is 46.2 Å². The molecule has 4 heteroatoms. The van der Waals surface area contributed by atoms with Gasteiger partial charge in [0.1, 0.15) is 0 Å². The molecule has 1 saturated heterocycles. The molecule has 2 atom stereocenters. The number of nitrogens with one attached hydrogen (secondary N) is 1. The number of esters is 1. The monoisotopic (exact) mass is 256 g/mol. The van der Waals surface area contributed by atoms with Crippen LogP contribution in [0.1, 0.15) is 46.5 Å². The van der Waals surface area contributed by atoms with E-state index in [1.54, 1.807) is 0 Å². The fourth-order valence-electron chi connectivity index (χ4n) is 2.72. The predicted molar refractivity (Wildman–Crippen MR) is 73.6 cm³/mol. The maximum atomic E-state index is 11.6. The molecule has 1 N–H and O–H groups in total. The third-order valence-corrected chi connectivity index (χ3v) is 3.56. The Bertz CT molecular complexity index is 240. The lowest BCUT2D eigenvalue weighted by Crippen LogP contribution is -2.50. The summed E-state index contributed by atoms with van der Waals surface area (Å²) >= 11 is 0. The highest BCUT2D eigenvalue weighted by Gasteiger charge is 2.26. The van der Waals surface area contributed by atoms with Crippen LogP contribution in [0.2, 0.25) is 0 Å². The zero-order valence-corrected chi connectivity index (χ0v) is 12.1. The van der Waals surface area contributed by atoms with Crippen LogP contribution in [0, 0.1) is 0 Å². The first-order chi connectivity index (χ1) is 8.69. The van der Waals surface area contributed by atoms with Crippen molar-refractivity contribution in [2.45, 2.75) is 58.5 Å². The highest BCUT2D eigenvalue weighted by atomic mass is 16.5. The molecule has 1 heterocycles. The van der Waals surface area contributed by atoms with Gasteiger partial charge in [0.2, 0.25) is 0 Å². The van der Waals surface area contributed by atoms with Crippen molar-refractivity contribution in [2.75, 3.05) is 26.2 Å². The van der Waals surface area contributed by atoms with Crippen molar-refractivity contribution >= 4 is 5.97 Å². The quantitative estimate of drug-likeness (QED) is 0.705. The van der Waals surface area contributed by atoms with E-state index in [9.17, 15) is 4.79 Å². The smallest absolute Gasteiger partial charge is 0.307 e. The van der Waals surface area contributed by atoms with Gasteiger partial charge in [-0.3, -0.25) is 9.69 Å². The van der Waals surface area contributed by atoms with Crippen molar-refractivity contribution in [1.29, 1.82) is 0 Å². The summed E-state index contributed by atoms with van der Waals surface area (Å²) in [7, 11) is 0. The van der Waals surface area contributed by atoms with Crippen molar-refractivity contribution in [3.63, 3.8) is 0 Å². The van der Waals surface area contributed by atoms with Crippen LogP contribution in [0.5, 0.6) is 0 Å². The Morgan fingerprint density at radius 3 is 2.83 bits per heavy atom. The highest BCUT2D eigenvalue weighted by molar-refractivity contribution is 5.70. The molecule has 2 unspecified atom stereocenters. The molecule has 0 saturated carbocycles. The van der Waals surface area contributed by atoms with E-state index in [0.717, 1.165) is 26.1 Å². The maximum Gasteiger partial charge on any atom is 0.307 e. The van der Waals surface area contributed by atoms with Crippen LogP contribution in [0.25, 0.3) is 0 Å². The van der Waals surface area contributed by atoms with Gasteiger partial charge in [0.05, 0.1) is 13.0 Å². The number of carbonyl (C=O) groups is 1. The van der Waals surface area contributed by atoms with Gasteiger partial charge in [0, 0.05) is 18.6 Å². The number of piperidine rings is 1. The number of hydrogen-bond donors (Lipinski definition) is 1. The fraction of sp³-hybridized carbons (Fsp3) is 0.929. The topological polar surface area (TPSA) is 41.6 Å². The largest absolute Gasteiger partial charge is 0.466 e. The van der Waals surface area contributed by atoms with Crippen molar-refractivity contribution in [2.24, 2.45) is 0 Å². The van der Waals surface area contributed by atoms with E-state index in [4.69, 9.17) is 4.74 Å². The molecule has 106 valence electrons. The SMILES string of the molecule is CCCN(C(C)CC(=O)OCC)C1CCCNC1. The Morgan fingerprint density at radius 1 is 1.50 bits per heavy atom. The third-order valence-electron chi connectivity index (χ3n) is 3.56. The van der Waals surface area contributed by atoms with E-state index in [2.05, 4.69) is 24.1 Å². The van der Waals surface area contributed by atoms with E-state index < -0.39 is 0 Å². The molecule has 0 amide bonds. The van der Waals surface area contributed by atoms with Gasteiger partial charge in [-0.15, -0.1) is 0 Å². The van der Waals surface area contributed by atoms with E-state index in [0.29, 0.717) is 19.1 Å². The lowest BCUT2D eigenvalue weighted by molar-refractivity contribution is -0.144. The van der Waals surface area contributed by atoms with Crippen molar-refractivity contribution < 1.29 is 9.53 Å². The normalized spacial score (nSPS) is 21.9. The Labute approximate surface area is 111 Å². The van der Waals surface area contributed by atoms with Gasteiger partial charge in [-0.2, -0.15) is 0 Å². The molecule has 1 aliphatic rings. The average Bonchev–Trinajstić information content (AvgIpc) is 2.37.